The van der Waals surface area contributed by atoms with E-state index in [-0.39, 0.29) is 0 Å². The quantitative estimate of drug-likeness (QED) is 0.607. The molecule has 1 N–H and O–H groups in total. The number of aliphatic hydroxyl groups is 1. The highest BCUT2D eigenvalue weighted by atomic mass is 16.3. The van der Waals surface area contributed by atoms with E-state index in [0.717, 1.165) is 11.1 Å². The van der Waals surface area contributed by atoms with Crippen molar-refractivity contribution in [3.8, 4) is 0 Å². The highest BCUT2D eigenvalue weighted by Gasteiger charge is 1.96. The van der Waals surface area contributed by atoms with Crippen LogP contribution >= 0.6 is 0 Å². The molecule has 0 aromatic heterocycles. The maximum Gasteiger partial charge on any atom is 0.0926 e. The van der Waals surface area contributed by atoms with Gasteiger partial charge in [-0.3, -0.25) is 0 Å². The van der Waals surface area contributed by atoms with Gasteiger partial charge in [0.15, 0.2) is 0 Å². The molecular weight excluding hydrogens is 136 g/mol. The van der Waals surface area contributed by atoms with Gasteiger partial charge in [-0.1, -0.05) is 30.3 Å². The Morgan fingerprint density at radius 3 is 2.09 bits per heavy atom. The highest BCUT2D eigenvalue weighted by Crippen LogP contribution is 2.15. The molecular formula is C10H12O. The van der Waals surface area contributed by atoms with E-state index in [1.165, 1.54) is 0 Å². The number of hydrogen-bond donors (Lipinski definition) is 1. The Hall–Kier alpha value is -1.24. The predicted molar refractivity (Wildman–Crippen MR) is 47.3 cm³/mol. The Bertz CT molecular complexity index is 255. The van der Waals surface area contributed by atoms with E-state index in [1.54, 1.807) is 6.92 Å². The van der Waals surface area contributed by atoms with Crippen LogP contribution in [0.5, 0.6) is 0 Å². The predicted octanol–water partition coefficient (Wildman–Crippen LogP) is 3.00. The van der Waals surface area contributed by atoms with Crippen LogP contribution < -0.4 is 0 Å². The first kappa shape index (κ1) is 7.86. The summed E-state index contributed by atoms with van der Waals surface area (Å²) in [4.78, 5) is 0. The van der Waals surface area contributed by atoms with Crippen LogP contribution in [-0.4, -0.2) is 5.11 Å². The number of aliphatic hydroxyl groups excluding tert-OH is 1. The van der Waals surface area contributed by atoms with Crippen LogP contribution in [0.25, 0.3) is 5.57 Å². The van der Waals surface area contributed by atoms with Crippen molar-refractivity contribution in [2.45, 2.75) is 13.8 Å². The molecule has 0 amide bonds. The summed E-state index contributed by atoms with van der Waals surface area (Å²) in [7, 11) is 0. The molecule has 0 aliphatic rings. The molecule has 1 heteroatoms. The number of benzene rings is 1. The molecule has 0 spiro atoms. The molecule has 0 bridgehead atoms. The maximum atomic E-state index is 9.15. The van der Waals surface area contributed by atoms with Gasteiger partial charge >= 0.3 is 0 Å². The van der Waals surface area contributed by atoms with E-state index >= 15 is 0 Å². The lowest BCUT2D eigenvalue weighted by Gasteiger charge is -2.00. The number of rotatable bonds is 1. The van der Waals surface area contributed by atoms with Gasteiger partial charge in [-0.05, 0) is 25.0 Å². The molecule has 58 valence electrons. The molecule has 0 saturated carbocycles. The standard InChI is InChI=1S/C10H12O/c1-8(9(2)11)10-6-4-3-5-7-10/h3-7,11H,1-2H3. The number of allylic oxidation sites excluding steroid dienone is 2. The normalized spacial score (nSPS) is 12.5. The summed E-state index contributed by atoms with van der Waals surface area (Å²) in [6.45, 7) is 3.60. The van der Waals surface area contributed by atoms with Gasteiger partial charge in [0.1, 0.15) is 0 Å². The molecule has 11 heavy (non-hydrogen) atoms. The topological polar surface area (TPSA) is 20.2 Å². The SMILES string of the molecule is CC(O)=C(C)c1ccccc1. The van der Waals surface area contributed by atoms with Gasteiger partial charge in [0.2, 0.25) is 0 Å². The largest absolute Gasteiger partial charge is 0.512 e. The fourth-order valence-electron chi connectivity index (χ4n) is 0.897. The zero-order chi connectivity index (χ0) is 8.27. The first-order valence-electron chi connectivity index (χ1n) is 3.63. The van der Waals surface area contributed by atoms with Crippen LogP contribution in [0.4, 0.5) is 0 Å². The third kappa shape index (κ3) is 1.84. The van der Waals surface area contributed by atoms with Crippen LogP contribution in [0.3, 0.4) is 0 Å². The second-order valence-electron chi connectivity index (χ2n) is 2.58. The van der Waals surface area contributed by atoms with Gasteiger partial charge in [-0.25, -0.2) is 0 Å². The minimum Gasteiger partial charge on any atom is -0.512 e. The van der Waals surface area contributed by atoms with E-state index in [0.29, 0.717) is 5.76 Å². The van der Waals surface area contributed by atoms with E-state index in [2.05, 4.69) is 0 Å². The van der Waals surface area contributed by atoms with Crippen molar-refractivity contribution in [1.29, 1.82) is 0 Å². The summed E-state index contributed by atoms with van der Waals surface area (Å²) in [6, 6.07) is 9.84. The Labute approximate surface area is 67.0 Å². The fraction of sp³-hybridized carbons (Fsp3) is 0.200. The Morgan fingerprint density at radius 1 is 1.09 bits per heavy atom. The molecule has 1 aromatic rings. The lowest BCUT2D eigenvalue weighted by atomic mass is 10.1. The smallest absolute Gasteiger partial charge is 0.0926 e. The molecule has 0 saturated heterocycles. The zero-order valence-electron chi connectivity index (χ0n) is 6.83. The summed E-state index contributed by atoms with van der Waals surface area (Å²) in [5.41, 5.74) is 2.01. The molecule has 0 aliphatic carbocycles. The summed E-state index contributed by atoms with van der Waals surface area (Å²) < 4.78 is 0. The Kier molecular flexibility index (Phi) is 2.32. The van der Waals surface area contributed by atoms with Gasteiger partial charge in [-0.15, -0.1) is 0 Å². The summed E-state index contributed by atoms with van der Waals surface area (Å²) >= 11 is 0. The van der Waals surface area contributed by atoms with Crippen molar-refractivity contribution in [1.82, 2.24) is 0 Å². The minimum absolute atomic E-state index is 0.385. The van der Waals surface area contributed by atoms with E-state index < -0.39 is 0 Å². The van der Waals surface area contributed by atoms with E-state index in [4.69, 9.17) is 5.11 Å². The molecule has 1 aromatic carbocycles. The van der Waals surface area contributed by atoms with E-state index in [9.17, 15) is 0 Å². The molecule has 1 nitrogen and oxygen atoms in total. The van der Waals surface area contributed by atoms with Crippen molar-refractivity contribution in [2.24, 2.45) is 0 Å². The third-order valence-electron chi connectivity index (χ3n) is 1.75. The monoisotopic (exact) mass is 148 g/mol. The minimum atomic E-state index is 0.385. The van der Waals surface area contributed by atoms with Crippen LogP contribution in [0.1, 0.15) is 19.4 Å². The molecule has 0 radical (unpaired) electrons. The Morgan fingerprint density at radius 2 is 1.64 bits per heavy atom. The van der Waals surface area contributed by atoms with Crippen LogP contribution in [0.15, 0.2) is 36.1 Å². The molecule has 0 aliphatic heterocycles. The van der Waals surface area contributed by atoms with Crippen molar-refractivity contribution < 1.29 is 5.11 Å². The second kappa shape index (κ2) is 3.24. The average molecular weight is 148 g/mol. The third-order valence-corrected chi connectivity index (χ3v) is 1.75. The summed E-state index contributed by atoms with van der Waals surface area (Å²) in [5, 5.41) is 9.15. The summed E-state index contributed by atoms with van der Waals surface area (Å²) in [5.74, 6) is 0.385. The van der Waals surface area contributed by atoms with Crippen molar-refractivity contribution in [2.75, 3.05) is 0 Å². The molecule has 0 unspecified atom stereocenters. The van der Waals surface area contributed by atoms with Gasteiger partial charge in [0, 0.05) is 0 Å². The van der Waals surface area contributed by atoms with Gasteiger partial charge in [-0.2, -0.15) is 0 Å². The number of hydrogen-bond acceptors (Lipinski definition) is 1. The first-order chi connectivity index (χ1) is 5.22. The fourth-order valence-corrected chi connectivity index (χ4v) is 0.897. The van der Waals surface area contributed by atoms with Gasteiger partial charge in [0.05, 0.1) is 5.76 Å². The Balaban J connectivity index is 3.04. The van der Waals surface area contributed by atoms with Gasteiger partial charge in [0.25, 0.3) is 0 Å². The summed E-state index contributed by atoms with van der Waals surface area (Å²) in [6.07, 6.45) is 0. The maximum absolute atomic E-state index is 9.15. The molecule has 0 fully saturated rings. The second-order valence-corrected chi connectivity index (χ2v) is 2.58. The molecule has 0 heterocycles. The highest BCUT2D eigenvalue weighted by molar-refractivity contribution is 5.64. The van der Waals surface area contributed by atoms with E-state index in [1.807, 2.05) is 37.3 Å². The van der Waals surface area contributed by atoms with Crippen LogP contribution in [0, 0.1) is 0 Å². The van der Waals surface area contributed by atoms with Crippen LogP contribution in [-0.2, 0) is 0 Å². The zero-order valence-corrected chi connectivity index (χ0v) is 6.83. The molecule has 1 rings (SSSR count). The van der Waals surface area contributed by atoms with Crippen molar-refractivity contribution in [3.05, 3.63) is 41.7 Å². The van der Waals surface area contributed by atoms with Gasteiger partial charge < -0.3 is 5.11 Å². The van der Waals surface area contributed by atoms with Crippen molar-refractivity contribution >= 4 is 5.57 Å². The lowest BCUT2D eigenvalue weighted by Crippen LogP contribution is -1.82. The average Bonchev–Trinajstić information content (AvgIpc) is 2.05. The van der Waals surface area contributed by atoms with Crippen LogP contribution in [0.2, 0.25) is 0 Å². The van der Waals surface area contributed by atoms with Crippen molar-refractivity contribution in [3.63, 3.8) is 0 Å². The first-order valence-corrected chi connectivity index (χ1v) is 3.63. The molecule has 0 atom stereocenters. The lowest BCUT2D eigenvalue weighted by molar-refractivity contribution is 0.416.